The third-order valence-electron chi connectivity index (χ3n) is 2.75. The van der Waals surface area contributed by atoms with Crippen molar-refractivity contribution in [1.82, 2.24) is 0 Å². The van der Waals surface area contributed by atoms with Gasteiger partial charge in [-0.15, -0.1) is 11.3 Å². The van der Waals surface area contributed by atoms with Crippen LogP contribution in [0.5, 0.6) is 5.75 Å². The number of rotatable bonds is 5. The summed E-state index contributed by atoms with van der Waals surface area (Å²) in [5, 5.41) is 4.75. The zero-order valence-electron chi connectivity index (χ0n) is 11.1. The first-order valence-electron chi connectivity index (χ1n) is 6.30. The van der Waals surface area contributed by atoms with Crippen LogP contribution in [-0.4, -0.2) is 12.0 Å². The predicted molar refractivity (Wildman–Crippen MR) is 79.1 cm³/mol. The largest absolute Gasteiger partial charge is 0.491 e. The Hall–Kier alpha value is -1.81. The van der Waals surface area contributed by atoms with E-state index in [1.165, 1.54) is 11.3 Å². The van der Waals surface area contributed by atoms with Crippen molar-refractivity contribution >= 4 is 22.9 Å². The molecule has 1 N–H and O–H groups in total. The monoisotopic (exact) mass is 275 g/mol. The second kappa shape index (κ2) is 6.38. The van der Waals surface area contributed by atoms with Crippen molar-refractivity contribution in [2.75, 3.05) is 5.32 Å². The second-order valence-electron chi connectivity index (χ2n) is 4.30. The number of benzene rings is 1. The van der Waals surface area contributed by atoms with Crippen LogP contribution in [-0.2, 0) is 0 Å². The van der Waals surface area contributed by atoms with Gasteiger partial charge in [0, 0.05) is 11.8 Å². The minimum Gasteiger partial charge on any atom is -0.491 e. The standard InChI is InChI=1S/C15H17NO2S/c1-3-11(2)18-13-7-4-6-12(10-13)16-15(17)14-8-5-9-19-14/h4-11H,3H2,1-2H3,(H,16,17)/t11-/m1/s1. The van der Waals surface area contributed by atoms with Gasteiger partial charge < -0.3 is 10.1 Å². The second-order valence-corrected chi connectivity index (χ2v) is 5.24. The summed E-state index contributed by atoms with van der Waals surface area (Å²) in [6, 6.07) is 11.1. The van der Waals surface area contributed by atoms with Gasteiger partial charge in [0.1, 0.15) is 5.75 Å². The van der Waals surface area contributed by atoms with Crippen LogP contribution in [0.1, 0.15) is 29.9 Å². The number of carbonyl (C=O) groups excluding carboxylic acids is 1. The molecular formula is C15H17NO2S. The number of hydrogen-bond acceptors (Lipinski definition) is 3. The fraction of sp³-hybridized carbons (Fsp3) is 0.267. The molecule has 1 amide bonds. The van der Waals surface area contributed by atoms with Gasteiger partial charge in [-0.1, -0.05) is 19.1 Å². The van der Waals surface area contributed by atoms with E-state index in [1.54, 1.807) is 6.07 Å². The Labute approximate surface area is 117 Å². The molecule has 0 aliphatic heterocycles. The van der Waals surface area contributed by atoms with E-state index in [0.717, 1.165) is 17.9 Å². The summed E-state index contributed by atoms with van der Waals surface area (Å²) in [7, 11) is 0. The maximum atomic E-state index is 11.9. The highest BCUT2D eigenvalue weighted by Gasteiger charge is 2.08. The molecule has 0 aliphatic carbocycles. The maximum Gasteiger partial charge on any atom is 0.265 e. The molecule has 1 aromatic carbocycles. The number of carbonyl (C=O) groups is 1. The van der Waals surface area contributed by atoms with E-state index in [1.807, 2.05) is 42.6 Å². The number of thiophene rings is 1. The van der Waals surface area contributed by atoms with E-state index in [4.69, 9.17) is 4.74 Å². The molecular weight excluding hydrogens is 258 g/mol. The fourth-order valence-corrected chi connectivity index (χ4v) is 2.18. The van der Waals surface area contributed by atoms with Gasteiger partial charge in [-0.2, -0.15) is 0 Å². The summed E-state index contributed by atoms with van der Waals surface area (Å²) < 4.78 is 5.73. The van der Waals surface area contributed by atoms with Gasteiger partial charge in [0.15, 0.2) is 0 Å². The van der Waals surface area contributed by atoms with Gasteiger partial charge in [-0.05, 0) is 36.9 Å². The molecule has 0 aliphatic rings. The molecule has 0 saturated heterocycles. The quantitative estimate of drug-likeness (QED) is 0.889. The summed E-state index contributed by atoms with van der Waals surface area (Å²) in [6.45, 7) is 4.10. The van der Waals surface area contributed by atoms with Crippen molar-refractivity contribution in [2.45, 2.75) is 26.4 Å². The molecule has 1 atom stereocenters. The maximum absolute atomic E-state index is 11.9. The summed E-state index contributed by atoms with van der Waals surface area (Å²) >= 11 is 1.43. The number of anilines is 1. The molecule has 1 heterocycles. The third kappa shape index (κ3) is 3.83. The van der Waals surface area contributed by atoms with Crippen molar-refractivity contribution < 1.29 is 9.53 Å². The molecule has 1 aromatic heterocycles. The van der Waals surface area contributed by atoms with E-state index in [-0.39, 0.29) is 12.0 Å². The molecule has 0 spiro atoms. The average Bonchev–Trinajstić information content (AvgIpc) is 2.93. The highest BCUT2D eigenvalue weighted by molar-refractivity contribution is 7.12. The van der Waals surface area contributed by atoms with Gasteiger partial charge in [0.25, 0.3) is 5.91 Å². The zero-order valence-corrected chi connectivity index (χ0v) is 11.9. The number of ether oxygens (including phenoxy) is 1. The Morgan fingerprint density at radius 2 is 2.21 bits per heavy atom. The lowest BCUT2D eigenvalue weighted by Crippen LogP contribution is -2.12. The number of hydrogen-bond donors (Lipinski definition) is 1. The van der Waals surface area contributed by atoms with E-state index in [0.29, 0.717) is 4.88 Å². The van der Waals surface area contributed by atoms with Crippen LogP contribution in [0, 0.1) is 0 Å². The summed E-state index contributed by atoms with van der Waals surface area (Å²) in [4.78, 5) is 12.6. The Morgan fingerprint density at radius 3 is 2.89 bits per heavy atom. The normalized spacial score (nSPS) is 11.9. The zero-order chi connectivity index (χ0) is 13.7. The molecule has 0 unspecified atom stereocenters. The minimum atomic E-state index is -0.0873. The first-order valence-corrected chi connectivity index (χ1v) is 7.18. The Balaban J connectivity index is 2.05. The molecule has 0 radical (unpaired) electrons. The van der Waals surface area contributed by atoms with E-state index in [9.17, 15) is 4.79 Å². The lowest BCUT2D eigenvalue weighted by Gasteiger charge is -2.13. The van der Waals surface area contributed by atoms with Crippen LogP contribution in [0.2, 0.25) is 0 Å². The Morgan fingerprint density at radius 1 is 1.37 bits per heavy atom. The van der Waals surface area contributed by atoms with Crippen molar-refractivity contribution in [3.63, 3.8) is 0 Å². The molecule has 2 rings (SSSR count). The van der Waals surface area contributed by atoms with E-state index < -0.39 is 0 Å². The van der Waals surface area contributed by atoms with Crippen LogP contribution in [0.4, 0.5) is 5.69 Å². The van der Waals surface area contributed by atoms with Crippen molar-refractivity contribution in [3.05, 3.63) is 46.7 Å². The number of amides is 1. The van der Waals surface area contributed by atoms with Gasteiger partial charge in [0.2, 0.25) is 0 Å². The third-order valence-corrected chi connectivity index (χ3v) is 3.62. The highest BCUT2D eigenvalue weighted by Crippen LogP contribution is 2.20. The lowest BCUT2D eigenvalue weighted by atomic mass is 10.2. The molecule has 0 fully saturated rings. The molecule has 0 bridgehead atoms. The Kier molecular flexibility index (Phi) is 4.58. The van der Waals surface area contributed by atoms with Crippen molar-refractivity contribution in [3.8, 4) is 5.75 Å². The van der Waals surface area contributed by atoms with Crippen LogP contribution in [0.25, 0.3) is 0 Å². The molecule has 4 heteroatoms. The van der Waals surface area contributed by atoms with E-state index >= 15 is 0 Å². The predicted octanol–water partition coefficient (Wildman–Crippen LogP) is 4.18. The topological polar surface area (TPSA) is 38.3 Å². The van der Waals surface area contributed by atoms with Gasteiger partial charge >= 0.3 is 0 Å². The first kappa shape index (κ1) is 13.6. The van der Waals surface area contributed by atoms with Crippen LogP contribution >= 0.6 is 11.3 Å². The SMILES string of the molecule is CC[C@@H](C)Oc1cccc(NC(=O)c2cccs2)c1. The molecule has 19 heavy (non-hydrogen) atoms. The van der Waals surface area contributed by atoms with Crippen LogP contribution in [0.15, 0.2) is 41.8 Å². The van der Waals surface area contributed by atoms with E-state index in [2.05, 4.69) is 12.2 Å². The van der Waals surface area contributed by atoms with Gasteiger partial charge in [-0.3, -0.25) is 4.79 Å². The summed E-state index contributed by atoms with van der Waals surface area (Å²) in [5.74, 6) is 0.689. The first-order chi connectivity index (χ1) is 9.19. The minimum absolute atomic E-state index is 0.0873. The highest BCUT2D eigenvalue weighted by atomic mass is 32.1. The van der Waals surface area contributed by atoms with Crippen LogP contribution < -0.4 is 10.1 Å². The lowest BCUT2D eigenvalue weighted by molar-refractivity contribution is 0.103. The smallest absolute Gasteiger partial charge is 0.265 e. The molecule has 2 aromatic rings. The molecule has 3 nitrogen and oxygen atoms in total. The van der Waals surface area contributed by atoms with Crippen molar-refractivity contribution in [2.24, 2.45) is 0 Å². The summed E-state index contributed by atoms with van der Waals surface area (Å²) in [6.07, 6.45) is 1.12. The number of nitrogens with one attached hydrogen (secondary N) is 1. The van der Waals surface area contributed by atoms with Crippen molar-refractivity contribution in [1.29, 1.82) is 0 Å². The molecule has 100 valence electrons. The van der Waals surface area contributed by atoms with Gasteiger partial charge in [0.05, 0.1) is 11.0 Å². The average molecular weight is 275 g/mol. The molecule has 0 saturated carbocycles. The summed E-state index contributed by atoms with van der Waals surface area (Å²) in [5.41, 5.74) is 0.749. The van der Waals surface area contributed by atoms with Crippen LogP contribution in [0.3, 0.4) is 0 Å². The van der Waals surface area contributed by atoms with Gasteiger partial charge in [-0.25, -0.2) is 0 Å². The fourth-order valence-electron chi connectivity index (χ4n) is 1.56. The Bertz CT molecular complexity index is 537.